The number of aromatic nitrogens is 1. The number of carbonyl (C=O) groups excluding carboxylic acids is 2. The molecule has 0 saturated carbocycles. The third-order valence-electron chi connectivity index (χ3n) is 3.96. The lowest BCUT2D eigenvalue weighted by Gasteiger charge is -2.36. The summed E-state index contributed by atoms with van der Waals surface area (Å²) in [6.07, 6.45) is -1.80. The van der Waals surface area contributed by atoms with E-state index in [-0.39, 0.29) is 24.2 Å². The van der Waals surface area contributed by atoms with Gasteiger partial charge in [0.1, 0.15) is 6.04 Å². The molecule has 0 bridgehead atoms. The van der Waals surface area contributed by atoms with Crippen molar-refractivity contribution in [3.63, 3.8) is 0 Å². The normalized spacial score (nSPS) is 18.0. The van der Waals surface area contributed by atoms with E-state index in [1.165, 1.54) is 47.6 Å². The van der Waals surface area contributed by atoms with Crippen molar-refractivity contribution >= 4 is 11.8 Å². The molecule has 0 radical (unpaired) electrons. The molecule has 1 aromatic carbocycles. The number of amides is 2. The second-order valence-electron chi connectivity index (χ2n) is 5.51. The molecule has 2 amide bonds. The van der Waals surface area contributed by atoms with Gasteiger partial charge in [0.15, 0.2) is 0 Å². The van der Waals surface area contributed by atoms with Crippen LogP contribution in [0.2, 0.25) is 0 Å². The molecular weight excluding hydrogens is 335 g/mol. The number of halogens is 3. The number of alkyl halides is 3. The lowest BCUT2D eigenvalue weighted by atomic mass is 9.96. The SMILES string of the molecule is O=C1NCCN(C(=O)c2ccncc2)C1c1ccccc1C(F)(F)F. The van der Waals surface area contributed by atoms with Gasteiger partial charge in [-0.25, -0.2) is 0 Å². The Bertz CT molecular complexity index is 793. The Labute approximate surface area is 141 Å². The fourth-order valence-corrected chi connectivity index (χ4v) is 2.85. The Kier molecular flexibility index (Phi) is 4.43. The standard InChI is InChI=1S/C17H14F3N3O2/c18-17(19,20)13-4-2-1-3-12(13)14-15(24)22-9-10-23(14)16(25)11-5-7-21-8-6-11/h1-8,14H,9-10H2,(H,22,24). The molecule has 5 nitrogen and oxygen atoms in total. The molecular formula is C17H14F3N3O2. The predicted molar refractivity (Wildman–Crippen MR) is 82.5 cm³/mol. The van der Waals surface area contributed by atoms with Crippen LogP contribution >= 0.6 is 0 Å². The van der Waals surface area contributed by atoms with Crippen molar-refractivity contribution in [2.24, 2.45) is 0 Å². The topological polar surface area (TPSA) is 62.3 Å². The summed E-state index contributed by atoms with van der Waals surface area (Å²) >= 11 is 0. The van der Waals surface area contributed by atoms with Crippen LogP contribution in [0.25, 0.3) is 0 Å². The quantitative estimate of drug-likeness (QED) is 0.906. The van der Waals surface area contributed by atoms with Crippen LogP contribution in [0.3, 0.4) is 0 Å². The van der Waals surface area contributed by atoms with Crippen LogP contribution in [0.4, 0.5) is 13.2 Å². The maximum Gasteiger partial charge on any atom is 0.416 e. The van der Waals surface area contributed by atoms with E-state index in [1.54, 1.807) is 0 Å². The van der Waals surface area contributed by atoms with Crippen molar-refractivity contribution in [2.45, 2.75) is 12.2 Å². The predicted octanol–water partition coefficient (Wildman–Crippen LogP) is 2.41. The smallest absolute Gasteiger partial charge is 0.352 e. The first kappa shape index (κ1) is 16.9. The van der Waals surface area contributed by atoms with Crippen LogP contribution in [0.1, 0.15) is 27.5 Å². The molecule has 1 unspecified atom stereocenters. The molecule has 0 spiro atoms. The number of rotatable bonds is 2. The van der Waals surface area contributed by atoms with Crippen LogP contribution in [0, 0.1) is 0 Å². The number of carbonyl (C=O) groups is 2. The fourth-order valence-electron chi connectivity index (χ4n) is 2.85. The van der Waals surface area contributed by atoms with E-state index in [0.29, 0.717) is 0 Å². The van der Waals surface area contributed by atoms with E-state index in [0.717, 1.165) is 6.07 Å². The van der Waals surface area contributed by atoms with Crippen LogP contribution in [-0.4, -0.2) is 34.8 Å². The largest absolute Gasteiger partial charge is 0.416 e. The van der Waals surface area contributed by atoms with Crippen LogP contribution in [0.15, 0.2) is 48.8 Å². The first-order chi connectivity index (χ1) is 11.9. The van der Waals surface area contributed by atoms with Crippen LogP contribution in [-0.2, 0) is 11.0 Å². The van der Waals surface area contributed by atoms with E-state index < -0.39 is 29.6 Å². The van der Waals surface area contributed by atoms with E-state index in [9.17, 15) is 22.8 Å². The Hall–Kier alpha value is -2.90. The Morgan fingerprint density at radius 1 is 1.16 bits per heavy atom. The van der Waals surface area contributed by atoms with Crippen LogP contribution < -0.4 is 5.32 Å². The Morgan fingerprint density at radius 3 is 2.52 bits per heavy atom. The van der Waals surface area contributed by atoms with E-state index >= 15 is 0 Å². The molecule has 3 rings (SSSR count). The molecule has 8 heteroatoms. The summed E-state index contributed by atoms with van der Waals surface area (Å²) < 4.78 is 40.0. The average molecular weight is 349 g/mol. The summed E-state index contributed by atoms with van der Waals surface area (Å²) in [6, 6.07) is 6.39. The minimum Gasteiger partial charge on any atom is -0.352 e. The van der Waals surface area contributed by atoms with Gasteiger partial charge in [-0.3, -0.25) is 14.6 Å². The number of benzene rings is 1. The third-order valence-corrected chi connectivity index (χ3v) is 3.96. The van der Waals surface area contributed by atoms with Gasteiger partial charge in [0.2, 0.25) is 5.91 Å². The maximum atomic E-state index is 13.3. The summed E-state index contributed by atoms with van der Waals surface area (Å²) in [7, 11) is 0. The van der Waals surface area contributed by atoms with Gasteiger partial charge in [0.05, 0.1) is 5.56 Å². The molecule has 0 aliphatic carbocycles. The summed E-state index contributed by atoms with van der Waals surface area (Å²) in [5.41, 5.74) is -0.904. The summed E-state index contributed by atoms with van der Waals surface area (Å²) in [5, 5.41) is 2.53. The second-order valence-corrected chi connectivity index (χ2v) is 5.51. The Balaban J connectivity index is 2.06. The molecule has 1 N–H and O–H groups in total. The van der Waals surface area contributed by atoms with Crippen molar-refractivity contribution in [1.29, 1.82) is 0 Å². The second kappa shape index (κ2) is 6.54. The van der Waals surface area contributed by atoms with Gasteiger partial charge in [-0.2, -0.15) is 13.2 Å². The van der Waals surface area contributed by atoms with Crippen molar-refractivity contribution in [2.75, 3.05) is 13.1 Å². The van der Waals surface area contributed by atoms with Gasteiger partial charge in [0, 0.05) is 31.0 Å². The fraction of sp³-hybridized carbons (Fsp3) is 0.235. The highest BCUT2D eigenvalue weighted by atomic mass is 19.4. The minimum atomic E-state index is -4.63. The van der Waals surface area contributed by atoms with E-state index in [2.05, 4.69) is 10.3 Å². The monoisotopic (exact) mass is 349 g/mol. The molecule has 130 valence electrons. The zero-order valence-electron chi connectivity index (χ0n) is 13.0. The molecule has 1 aliphatic rings. The molecule has 2 aromatic rings. The molecule has 2 heterocycles. The lowest BCUT2D eigenvalue weighted by Crippen LogP contribution is -2.52. The highest BCUT2D eigenvalue weighted by Gasteiger charge is 2.41. The van der Waals surface area contributed by atoms with Gasteiger partial charge >= 0.3 is 6.18 Å². The van der Waals surface area contributed by atoms with Gasteiger partial charge < -0.3 is 10.2 Å². The van der Waals surface area contributed by atoms with E-state index in [1.807, 2.05) is 0 Å². The Morgan fingerprint density at radius 2 is 1.84 bits per heavy atom. The third kappa shape index (κ3) is 3.33. The molecule has 1 aromatic heterocycles. The average Bonchev–Trinajstić information content (AvgIpc) is 2.61. The lowest BCUT2D eigenvalue weighted by molar-refractivity contribution is -0.139. The highest BCUT2D eigenvalue weighted by Crippen LogP contribution is 2.37. The number of nitrogens with one attached hydrogen (secondary N) is 1. The number of nitrogens with zero attached hydrogens (tertiary/aromatic N) is 2. The summed E-state index contributed by atoms with van der Waals surface area (Å²) in [4.78, 5) is 30.0. The zero-order valence-corrected chi connectivity index (χ0v) is 13.0. The number of piperazine rings is 1. The molecule has 25 heavy (non-hydrogen) atoms. The van der Waals surface area contributed by atoms with Gasteiger partial charge in [-0.1, -0.05) is 18.2 Å². The number of hydrogen-bond acceptors (Lipinski definition) is 3. The highest BCUT2D eigenvalue weighted by molar-refractivity contribution is 5.98. The first-order valence-corrected chi connectivity index (χ1v) is 7.54. The molecule has 1 saturated heterocycles. The molecule has 1 fully saturated rings. The van der Waals surface area contributed by atoms with Crippen molar-refractivity contribution in [3.8, 4) is 0 Å². The van der Waals surface area contributed by atoms with E-state index in [4.69, 9.17) is 0 Å². The van der Waals surface area contributed by atoms with Crippen molar-refractivity contribution < 1.29 is 22.8 Å². The van der Waals surface area contributed by atoms with Gasteiger partial charge in [0.25, 0.3) is 5.91 Å². The van der Waals surface area contributed by atoms with Gasteiger partial charge in [-0.15, -0.1) is 0 Å². The molecule has 1 atom stereocenters. The number of hydrogen-bond donors (Lipinski definition) is 1. The minimum absolute atomic E-state index is 0.115. The summed E-state index contributed by atoms with van der Waals surface area (Å²) in [6.45, 7) is 0.296. The van der Waals surface area contributed by atoms with Crippen molar-refractivity contribution in [1.82, 2.24) is 15.2 Å². The molecule has 1 aliphatic heterocycles. The van der Waals surface area contributed by atoms with Crippen molar-refractivity contribution in [3.05, 3.63) is 65.5 Å². The zero-order chi connectivity index (χ0) is 18.0. The van der Waals surface area contributed by atoms with Gasteiger partial charge in [-0.05, 0) is 23.8 Å². The summed E-state index contributed by atoms with van der Waals surface area (Å²) in [5.74, 6) is -1.15. The van der Waals surface area contributed by atoms with Crippen LogP contribution in [0.5, 0.6) is 0 Å². The first-order valence-electron chi connectivity index (χ1n) is 7.54. The number of pyridine rings is 1. The maximum absolute atomic E-state index is 13.3.